The lowest BCUT2D eigenvalue weighted by Gasteiger charge is -2.08. The normalized spacial score (nSPS) is 10.6. The molecule has 0 bridgehead atoms. The quantitative estimate of drug-likeness (QED) is 0.813. The molecule has 106 valence electrons. The van der Waals surface area contributed by atoms with Gasteiger partial charge in [-0.3, -0.25) is 0 Å². The van der Waals surface area contributed by atoms with Gasteiger partial charge in [-0.25, -0.2) is 0 Å². The van der Waals surface area contributed by atoms with Crippen LogP contribution in [0.5, 0.6) is 5.75 Å². The van der Waals surface area contributed by atoms with Crippen molar-refractivity contribution >= 4 is 27.7 Å². The van der Waals surface area contributed by atoms with Crippen molar-refractivity contribution in [1.82, 2.24) is 5.32 Å². The Morgan fingerprint density at radius 2 is 1.90 bits per heavy atom. The number of rotatable bonds is 6. The zero-order valence-corrected chi connectivity index (χ0v) is 14.1. The molecule has 0 atom stereocenters. The second kappa shape index (κ2) is 7.72. The maximum Gasteiger partial charge on any atom is 0.118 e. The first-order valence-corrected chi connectivity index (χ1v) is 8.15. The molecule has 0 saturated heterocycles. The Bertz CT molecular complexity index is 557. The summed E-state index contributed by atoms with van der Waals surface area (Å²) in [4.78, 5) is 2.42. The average Bonchev–Trinajstić information content (AvgIpc) is 2.48. The lowest BCUT2D eigenvalue weighted by Crippen LogP contribution is -2.11. The van der Waals surface area contributed by atoms with E-state index in [1.807, 2.05) is 12.1 Å². The van der Waals surface area contributed by atoms with Crippen LogP contribution in [0.3, 0.4) is 0 Å². The van der Waals surface area contributed by atoms with E-state index in [-0.39, 0.29) is 0 Å². The van der Waals surface area contributed by atoms with Gasteiger partial charge in [0, 0.05) is 20.8 Å². The first-order chi connectivity index (χ1) is 9.72. The van der Waals surface area contributed by atoms with Crippen LogP contribution < -0.4 is 10.1 Å². The van der Waals surface area contributed by atoms with E-state index < -0.39 is 0 Å². The van der Waals surface area contributed by atoms with E-state index >= 15 is 0 Å². The third kappa shape index (κ3) is 4.27. The van der Waals surface area contributed by atoms with Crippen molar-refractivity contribution in [3.05, 3.63) is 52.5 Å². The number of ether oxygens (including phenoxy) is 1. The summed E-state index contributed by atoms with van der Waals surface area (Å²) in [5.74, 6) is 0.884. The molecule has 0 aliphatic carbocycles. The summed E-state index contributed by atoms with van der Waals surface area (Å²) in [6.07, 6.45) is 0. The van der Waals surface area contributed by atoms with Gasteiger partial charge in [0.1, 0.15) is 5.75 Å². The highest BCUT2D eigenvalue weighted by molar-refractivity contribution is 9.10. The van der Waals surface area contributed by atoms with E-state index in [9.17, 15) is 0 Å². The maximum absolute atomic E-state index is 5.17. The molecule has 1 N–H and O–H groups in total. The van der Waals surface area contributed by atoms with Crippen molar-refractivity contribution < 1.29 is 4.74 Å². The Labute approximate surface area is 133 Å². The minimum atomic E-state index is 0.884. The van der Waals surface area contributed by atoms with Crippen LogP contribution in [-0.4, -0.2) is 13.7 Å². The number of benzene rings is 2. The van der Waals surface area contributed by atoms with E-state index in [2.05, 4.69) is 58.5 Å². The summed E-state index contributed by atoms with van der Waals surface area (Å²) in [7, 11) is 1.68. The molecule has 0 heterocycles. The molecule has 0 radical (unpaired) electrons. The number of methoxy groups -OCH3 is 1. The molecule has 2 rings (SSSR count). The number of halogens is 1. The molecule has 0 unspecified atom stereocenters. The third-order valence-electron chi connectivity index (χ3n) is 2.86. The van der Waals surface area contributed by atoms with Gasteiger partial charge in [-0.1, -0.05) is 24.8 Å². The summed E-state index contributed by atoms with van der Waals surface area (Å²) < 4.78 is 6.30. The Balaban J connectivity index is 2.08. The van der Waals surface area contributed by atoms with E-state index in [4.69, 9.17) is 4.74 Å². The summed E-state index contributed by atoms with van der Waals surface area (Å²) in [6, 6.07) is 14.6. The standard InChI is InChI=1S/C16H18BrNOS/c1-3-18-11-12-4-9-16(15(17)10-12)20-14-7-5-13(19-2)6-8-14/h4-10,18H,3,11H2,1-2H3. The summed E-state index contributed by atoms with van der Waals surface area (Å²) in [5, 5.41) is 3.33. The van der Waals surface area contributed by atoms with Crippen molar-refractivity contribution in [2.24, 2.45) is 0 Å². The van der Waals surface area contributed by atoms with Crippen LogP contribution in [0.4, 0.5) is 0 Å². The largest absolute Gasteiger partial charge is 0.497 e. The summed E-state index contributed by atoms with van der Waals surface area (Å²) in [5.41, 5.74) is 1.29. The van der Waals surface area contributed by atoms with Gasteiger partial charge < -0.3 is 10.1 Å². The van der Waals surface area contributed by atoms with Gasteiger partial charge in [0.05, 0.1) is 7.11 Å². The van der Waals surface area contributed by atoms with Crippen LogP contribution in [0, 0.1) is 0 Å². The van der Waals surface area contributed by atoms with E-state index in [1.165, 1.54) is 15.4 Å². The fourth-order valence-corrected chi connectivity index (χ4v) is 3.26. The second-order valence-electron chi connectivity index (χ2n) is 4.32. The van der Waals surface area contributed by atoms with E-state index in [0.29, 0.717) is 0 Å². The number of nitrogens with one attached hydrogen (secondary N) is 1. The molecule has 0 aliphatic heterocycles. The predicted molar refractivity (Wildman–Crippen MR) is 88.6 cm³/mol. The van der Waals surface area contributed by atoms with Crippen LogP contribution >= 0.6 is 27.7 Å². The van der Waals surface area contributed by atoms with Gasteiger partial charge in [-0.15, -0.1) is 0 Å². The molecule has 0 aromatic heterocycles. The SMILES string of the molecule is CCNCc1ccc(Sc2ccc(OC)cc2)c(Br)c1. The van der Waals surface area contributed by atoms with Gasteiger partial charge in [-0.2, -0.15) is 0 Å². The van der Waals surface area contributed by atoms with Crippen molar-refractivity contribution in [1.29, 1.82) is 0 Å². The molecule has 4 heteroatoms. The Morgan fingerprint density at radius 3 is 2.50 bits per heavy atom. The first-order valence-electron chi connectivity index (χ1n) is 6.54. The molecule has 2 nitrogen and oxygen atoms in total. The smallest absolute Gasteiger partial charge is 0.118 e. The number of hydrogen-bond acceptors (Lipinski definition) is 3. The minimum absolute atomic E-state index is 0.884. The Kier molecular flexibility index (Phi) is 5.95. The highest BCUT2D eigenvalue weighted by atomic mass is 79.9. The Hall–Kier alpha value is -0.970. The zero-order valence-electron chi connectivity index (χ0n) is 11.7. The molecular weight excluding hydrogens is 334 g/mol. The molecule has 20 heavy (non-hydrogen) atoms. The van der Waals surface area contributed by atoms with Gasteiger partial charge in [0.2, 0.25) is 0 Å². The molecule has 0 saturated carbocycles. The molecule has 2 aromatic carbocycles. The van der Waals surface area contributed by atoms with Crippen LogP contribution in [0.25, 0.3) is 0 Å². The molecule has 0 fully saturated rings. The highest BCUT2D eigenvalue weighted by Crippen LogP contribution is 2.34. The lowest BCUT2D eigenvalue weighted by molar-refractivity contribution is 0.414. The van der Waals surface area contributed by atoms with Crippen LogP contribution in [0.2, 0.25) is 0 Å². The van der Waals surface area contributed by atoms with E-state index in [0.717, 1.165) is 23.3 Å². The van der Waals surface area contributed by atoms with Crippen LogP contribution in [-0.2, 0) is 6.54 Å². The zero-order chi connectivity index (χ0) is 14.4. The monoisotopic (exact) mass is 351 g/mol. The van der Waals surface area contributed by atoms with Crippen molar-refractivity contribution in [3.8, 4) is 5.75 Å². The van der Waals surface area contributed by atoms with Gasteiger partial charge in [-0.05, 0) is 64.4 Å². The molecule has 0 spiro atoms. The molecule has 0 aliphatic rings. The maximum atomic E-state index is 5.17. The van der Waals surface area contributed by atoms with Gasteiger partial charge in [0.25, 0.3) is 0 Å². The third-order valence-corrected chi connectivity index (χ3v) is 4.86. The van der Waals surface area contributed by atoms with E-state index in [1.54, 1.807) is 18.9 Å². The first kappa shape index (κ1) is 15.4. The van der Waals surface area contributed by atoms with Crippen molar-refractivity contribution in [2.75, 3.05) is 13.7 Å². The van der Waals surface area contributed by atoms with Crippen LogP contribution in [0.15, 0.2) is 56.7 Å². The lowest BCUT2D eigenvalue weighted by atomic mass is 10.2. The van der Waals surface area contributed by atoms with Gasteiger partial charge in [0.15, 0.2) is 0 Å². The summed E-state index contributed by atoms with van der Waals surface area (Å²) >= 11 is 5.39. The van der Waals surface area contributed by atoms with Crippen LogP contribution in [0.1, 0.15) is 12.5 Å². The fourth-order valence-electron chi connectivity index (χ4n) is 1.78. The van der Waals surface area contributed by atoms with Crippen molar-refractivity contribution in [2.45, 2.75) is 23.3 Å². The molecular formula is C16H18BrNOS. The average molecular weight is 352 g/mol. The van der Waals surface area contributed by atoms with Gasteiger partial charge >= 0.3 is 0 Å². The minimum Gasteiger partial charge on any atom is -0.497 e. The predicted octanol–water partition coefficient (Wildman–Crippen LogP) is 4.72. The molecule has 0 amide bonds. The molecule has 2 aromatic rings. The topological polar surface area (TPSA) is 21.3 Å². The summed E-state index contributed by atoms with van der Waals surface area (Å²) in [6.45, 7) is 4.01. The highest BCUT2D eigenvalue weighted by Gasteiger charge is 2.04. The number of hydrogen-bond donors (Lipinski definition) is 1. The Morgan fingerprint density at radius 1 is 1.15 bits per heavy atom. The van der Waals surface area contributed by atoms with Crippen molar-refractivity contribution in [3.63, 3.8) is 0 Å². The fraction of sp³-hybridized carbons (Fsp3) is 0.250. The second-order valence-corrected chi connectivity index (χ2v) is 6.29.